The van der Waals surface area contributed by atoms with Crippen molar-refractivity contribution in [2.45, 2.75) is 84.7 Å². The van der Waals surface area contributed by atoms with Gasteiger partial charge in [-0.05, 0) is 35.3 Å². The van der Waals surface area contributed by atoms with Crippen LogP contribution in [0.4, 0.5) is 0 Å². The molecule has 2 saturated heterocycles. The van der Waals surface area contributed by atoms with Gasteiger partial charge in [-0.3, -0.25) is 24.0 Å². The zero-order valence-corrected chi connectivity index (χ0v) is 30.0. The molecule has 0 unspecified atom stereocenters. The number of benzene rings is 1. The standard InChI is InChI=1S/C36H48N6O7S/c1-6-13-37-31(46)21-49-20-28-32(50-22-39-28)26-9-7-25(8-10-26)18-38-34(47)29-17-27(44)19-42(29)35(48)33(36(3,4)5)40-30(45)16-24-11-14-41(15-12-24)23(2)43/h1,7-10,22,24,27,29,33,44H,11-21H2,2-5H3,(H,37,46)(H,38,47)(H,40,45)/t27-,29+,33-/m1/s1. The van der Waals surface area contributed by atoms with E-state index in [0.717, 1.165) is 28.8 Å². The predicted molar refractivity (Wildman–Crippen MR) is 188 cm³/mol. The first-order chi connectivity index (χ1) is 23.8. The number of nitrogens with zero attached hydrogens (tertiary/aromatic N) is 3. The van der Waals surface area contributed by atoms with Crippen LogP contribution >= 0.6 is 11.3 Å². The Morgan fingerprint density at radius 1 is 1.10 bits per heavy atom. The van der Waals surface area contributed by atoms with Crippen molar-refractivity contribution in [1.82, 2.24) is 30.7 Å². The maximum Gasteiger partial charge on any atom is 0.246 e. The number of aliphatic hydroxyl groups is 1. The van der Waals surface area contributed by atoms with Gasteiger partial charge in [0.15, 0.2) is 0 Å². The highest BCUT2D eigenvalue weighted by Gasteiger charge is 2.44. The normalized spacial score (nSPS) is 18.6. The number of hydrogen-bond acceptors (Lipinski definition) is 9. The van der Waals surface area contributed by atoms with Crippen molar-refractivity contribution in [2.24, 2.45) is 11.3 Å². The van der Waals surface area contributed by atoms with E-state index in [-0.39, 0.29) is 75.2 Å². The third-order valence-corrected chi connectivity index (χ3v) is 9.92. The van der Waals surface area contributed by atoms with Gasteiger partial charge in [-0.25, -0.2) is 4.98 Å². The van der Waals surface area contributed by atoms with Crippen LogP contribution in [0.5, 0.6) is 0 Å². The number of hydrogen-bond donors (Lipinski definition) is 4. The molecule has 270 valence electrons. The first-order valence-electron chi connectivity index (χ1n) is 16.9. The number of carbonyl (C=O) groups is 5. The van der Waals surface area contributed by atoms with Crippen LogP contribution in [0.3, 0.4) is 0 Å². The van der Waals surface area contributed by atoms with Gasteiger partial charge in [0.05, 0.1) is 35.3 Å². The maximum atomic E-state index is 13.9. The summed E-state index contributed by atoms with van der Waals surface area (Å²) in [4.78, 5) is 72.3. The zero-order chi connectivity index (χ0) is 36.4. The minimum Gasteiger partial charge on any atom is -0.391 e. The second kappa shape index (κ2) is 17.6. The molecule has 2 aliphatic rings. The van der Waals surface area contributed by atoms with Gasteiger partial charge in [-0.2, -0.15) is 0 Å². The third kappa shape index (κ3) is 10.6. The molecule has 14 heteroatoms. The number of β-amino-alcohol motifs (C(OH)–C–C–N with tert-alkyl or cyclic N) is 1. The molecule has 0 bridgehead atoms. The molecule has 2 aliphatic heterocycles. The molecular weight excluding hydrogens is 660 g/mol. The number of piperidine rings is 1. The van der Waals surface area contributed by atoms with Gasteiger partial charge < -0.3 is 35.6 Å². The Morgan fingerprint density at radius 3 is 2.44 bits per heavy atom. The highest BCUT2D eigenvalue weighted by Crippen LogP contribution is 2.30. The van der Waals surface area contributed by atoms with Gasteiger partial charge >= 0.3 is 0 Å². The Balaban J connectivity index is 1.32. The molecule has 0 saturated carbocycles. The number of aliphatic hydroxyl groups excluding tert-OH is 1. The van der Waals surface area contributed by atoms with E-state index in [1.807, 2.05) is 45.0 Å². The minimum atomic E-state index is -0.895. The smallest absolute Gasteiger partial charge is 0.246 e. The summed E-state index contributed by atoms with van der Waals surface area (Å²) in [6.07, 6.45) is 6.08. The Morgan fingerprint density at radius 2 is 1.80 bits per heavy atom. The van der Waals surface area contributed by atoms with Gasteiger partial charge in [0.2, 0.25) is 29.5 Å². The van der Waals surface area contributed by atoms with E-state index in [1.165, 1.54) is 16.2 Å². The molecule has 50 heavy (non-hydrogen) atoms. The summed E-state index contributed by atoms with van der Waals surface area (Å²) in [5, 5.41) is 18.9. The first kappa shape index (κ1) is 38.5. The molecular formula is C36H48N6O7S. The van der Waals surface area contributed by atoms with E-state index in [1.54, 1.807) is 17.3 Å². The number of ether oxygens (including phenoxy) is 1. The number of likely N-dealkylation sites (tertiary alicyclic amines) is 2. The Kier molecular flexibility index (Phi) is 13.5. The van der Waals surface area contributed by atoms with Crippen LogP contribution < -0.4 is 16.0 Å². The summed E-state index contributed by atoms with van der Waals surface area (Å²) in [5.41, 5.74) is 3.50. The summed E-state index contributed by atoms with van der Waals surface area (Å²) in [6, 6.07) is 5.81. The fourth-order valence-corrected chi connectivity index (χ4v) is 6.99. The molecule has 3 heterocycles. The average Bonchev–Trinajstić information content (AvgIpc) is 3.71. The number of aromatic nitrogens is 1. The van der Waals surface area contributed by atoms with Crippen molar-refractivity contribution in [3.05, 3.63) is 41.0 Å². The van der Waals surface area contributed by atoms with Gasteiger partial charge in [-0.15, -0.1) is 17.8 Å². The highest BCUT2D eigenvalue weighted by molar-refractivity contribution is 7.13. The van der Waals surface area contributed by atoms with E-state index in [4.69, 9.17) is 11.2 Å². The van der Waals surface area contributed by atoms with Gasteiger partial charge in [-0.1, -0.05) is 51.0 Å². The molecule has 3 atom stereocenters. The summed E-state index contributed by atoms with van der Waals surface area (Å²) in [7, 11) is 0. The summed E-state index contributed by atoms with van der Waals surface area (Å²) < 4.78 is 5.50. The van der Waals surface area contributed by atoms with Crippen molar-refractivity contribution in [3.63, 3.8) is 0 Å². The van der Waals surface area contributed by atoms with Crippen LogP contribution in [-0.4, -0.2) is 100 Å². The lowest BCUT2D eigenvalue weighted by molar-refractivity contribution is -0.144. The third-order valence-electron chi connectivity index (χ3n) is 9.00. The Hall–Kier alpha value is -4.32. The molecule has 0 radical (unpaired) electrons. The molecule has 1 aromatic carbocycles. The van der Waals surface area contributed by atoms with Crippen LogP contribution in [0.25, 0.3) is 10.4 Å². The first-order valence-corrected chi connectivity index (χ1v) is 17.8. The lowest BCUT2D eigenvalue weighted by Crippen LogP contribution is -2.58. The monoisotopic (exact) mass is 708 g/mol. The van der Waals surface area contributed by atoms with Gasteiger partial charge in [0, 0.05) is 45.9 Å². The highest BCUT2D eigenvalue weighted by atomic mass is 32.1. The van der Waals surface area contributed by atoms with Crippen LogP contribution in [0.2, 0.25) is 0 Å². The van der Waals surface area contributed by atoms with Crippen molar-refractivity contribution in [2.75, 3.05) is 32.8 Å². The number of terminal acetylenes is 1. The number of nitrogens with one attached hydrogen (secondary N) is 3. The van der Waals surface area contributed by atoms with E-state index in [9.17, 15) is 29.1 Å². The fourth-order valence-electron chi connectivity index (χ4n) is 6.18. The molecule has 5 amide bonds. The molecule has 1 aromatic heterocycles. The second-order valence-corrected chi connectivity index (χ2v) is 14.8. The summed E-state index contributed by atoms with van der Waals surface area (Å²) in [5.74, 6) is 1.14. The second-order valence-electron chi connectivity index (χ2n) is 13.9. The van der Waals surface area contributed by atoms with E-state index < -0.39 is 29.5 Å². The molecule has 13 nitrogen and oxygen atoms in total. The lowest BCUT2D eigenvalue weighted by Gasteiger charge is -2.36. The SMILES string of the molecule is C#CCNC(=O)COCc1ncsc1-c1ccc(CNC(=O)[C@@H]2C[C@@H](O)CN2C(=O)[C@@H](NC(=O)CC2CCN(C(C)=O)CC2)C(C)(C)C)cc1. The lowest BCUT2D eigenvalue weighted by atomic mass is 9.85. The molecule has 4 N–H and O–H groups in total. The number of rotatable bonds is 13. The van der Waals surface area contributed by atoms with E-state index in [0.29, 0.717) is 18.8 Å². The average molecular weight is 709 g/mol. The van der Waals surface area contributed by atoms with Crippen LogP contribution in [0.1, 0.15) is 64.6 Å². The molecule has 2 aromatic rings. The molecule has 0 aliphatic carbocycles. The molecule has 0 spiro atoms. The predicted octanol–water partition coefficient (Wildman–Crippen LogP) is 1.83. The van der Waals surface area contributed by atoms with Gasteiger partial charge in [0.25, 0.3) is 0 Å². The zero-order valence-electron chi connectivity index (χ0n) is 29.2. The largest absolute Gasteiger partial charge is 0.391 e. The van der Waals surface area contributed by atoms with Crippen LogP contribution in [-0.2, 0) is 41.9 Å². The van der Waals surface area contributed by atoms with Crippen LogP contribution in [0, 0.1) is 23.7 Å². The quantitative estimate of drug-likeness (QED) is 0.229. The number of carbonyl (C=O) groups excluding carboxylic acids is 5. The summed E-state index contributed by atoms with van der Waals surface area (Å²) >= 11 is 1.45. The van der Waals surface area contributed by atoms with Crippen LogP contribution in [0.15, 0.2) is 29.8 Å². The van der Waals surface area contributed by atoms with E-state index >= 15 is 0 Å². The Labute approximate surface area is 297 Å². The molecule has 4 rings (SSSR count). The fraction of sp³-hybridized carbons (Fsp3) is 0.556. The van der Waals surface area contributed by atoms with Crippen molar-refractivity contribution in [1.29, 1.82) is 0 Å². The minimum absolute atomic E-state index is 0.00590. The van der Waals surface area contributed by atoms with Crippen molar-refractivity contribution in [3.8, 4) is 22.8 Å². The summed E-state index contributed by atoms with van der Waals surface area (Å²) in [6.45, 7) is 8.71. The topological polar surface area (TPSA) is 170 Å². The Bertz CT molecular complexity index is 1560. The molecule has 2 fully saturated rings. The number of thiazole rings is 1. The van der Waals surface area contributed by atoms with Gasteiger partial charge in [0.1, 0.15) is 18.7 Å². The van der Waals surface area contributed by atoms with Crippen molar-refractivity contribution >= 4 is 40.9 Å². The van der Waals surface area contributed by atoms with E-state index in [2.05, 4.69) is 26.9 Å². The van der Waals surface area contributed by atoms with Crippen molar-refractivity contribution < 1.29 is 33.8 Å². The number of amides is 5. The maximum absolute atomic E-state index is 13.9.